The number of nitrogens with zero attached hydrogens (tertiary/aromatic N) is 4. The van der Waals surface area contributed by atoms with Gasteiger partial charge in [0.25, 0.3) is 5.56 Å². The lowest BCUT2D eigenvalue weighted by Gasteiger charge is -2.32. The van der Waals surface area contributed by atoms with E-state index in [0.29, 0.717) is 30.6 Å². The Balaban J connectivity index is 1.83. The largest absolute Gasteiger partial charge is 0.367 e. The van der Waals surface area contributed by atoms with E-state index in [4.69, 9.17) is 4.74 Å². The molecule has 0 bridgehead atoms. The van der Waals surface area contributed by atoms with Crippen molar-refractivity contribution < 1.29 is 4.74 Å². The molecular formula is C13H15N5O2. The smallest absolute Gasteiger partial charge is 0.251 e. The summed E-state index contributed by atoms with van der Waals surface area (Å²) in [6.07, 6.45) is 3.14. The minimum Gasteiger partial charge on any atom is -0.367 e. The second-order valence-electron chi connectivity index (χ2n) is 4.63. The summed E-state index contributed by atoms with van der Waals surface area (Å²) in [6, 6.07) is 3.24. The number of hydrogen-bond donors (Lipinski definition) is 1. The van der Waals surface area contributed by atoms with E-state index in [2.05, 4.69) is 19.9 Å². The molecule has 1 unspecified atom stereocenters. The molecular weight excluding hydrogens is 258 g/mol. The Morgan fingerprint density at radius 3 is 2.95 bits per heavy atom. The average Bonchev–Trinajstić information content (AvgIpc) is 2.47. The summed E-state index contributed by atoms with van der Waals surface area (Å²) in [6.45, 7) is 3.62. The van der Waals surface area contributed by atoms with Gasteiger partial charge in [-0.3, -0.25) is 4.79 Å². The first kappa shape index (κ1) is 12.7. The van der Waals surface area contributed by atoms with Crippen LogP contribution in [0.5, 0.6) is 0 Å². The molecule has 0 radical (unpaired) electrons. The third-order valence-corrected chi connectivity index (χ3v) is 3.09. The molecule has 1 aliphatic rings. The Kier molecular flexibility index (Phi) is 3.42. The maximum Gasteiger partial charge on any atom is 0.251 e. The molecule has 1 saturated heterocycles. The van der Waals surface area contributed by atoms with E-state index in [1.54, 1.807) is 25.4 Å². The van der Waals surface area contributed by atoms with Crippen molar-refractivity contribution in [3.05, 3.63) is 46.4 Å². The summed E-state index contributed by atoms with van der Waals surface area (Å²) in [7, 11) is 0. The minimum absolute atomic E-state index is 0.163. The molecule has 7 nitrogen and oxygen atoms in total. The molecule has 0 aromatic carbocycles. The van der Waals surface area contributed by atoms with Crippen LogP contribution in [0.25, 0.3) is 0 Å². The zero-order valence-corrected chi connectivity index (χ0v) is 11.1. The molecule has 0 spiro atoms. The van der Waals surface area contributed by atoms with E-state index in [9.17, 15) is 4.79 Å². The number of ether oxygens (including phenoxy) is 1. The van der Waals surface area contributed by atoms with Gasteiger partial charge in [0, 0.05) is 30.7 Å². The predicted molar refractivity (Wildman–Crippen MR) is 72.5 cm³/mol. The van der Waals surface area contributed by atoms with Crippen molar-refractivity contribution in [2.75, 3.05) is 24.6 Å². The lowest BCUT2D eigenvalue weighted by atomic mass is 10.2. The summed E-state index contributed by atoms with van der Waals surface area (Å²) in [5, 5.41) is 0. The van der Waals surface area contributed by atoms with Crippen LogP contribution in [-0.4, -0.2) is 39.6 Å². The fourth-order valence-electron chi connectivity index (χ4n) is 2.21. The number of morpholine rings is 1. The van der Waals surface area contributed by atoms with Crippen molar-refractivity contribution in [2.24, 2.45) is 0 Å². The Bertz CT molecular complexity index is 643. The molecule has 1 N–H and O–H groups in total. The van der Waals surface area contributed by atoms with Crippen molar-refractivity contribution in [2.45, 2.75) is 13.0 Å². The Morgan fingerprint density at radius 1 is 1.40 bits per heavy atom. The van der Waals surface area contributed by atoms with Crippen LogP contribution in [0.2, 0.25) is 0 Å². The summed E-state index contributed by atoms with van der Waals surface area (Å²) in [5.41, 5.74) is 0.518. The Hall–Kier alpha value is -2.28. The summed E-state index contributed by atoms with van der Waals surface area (Å²) < 4.78 is 5.70. The first-order valence-corrected chi connectivity index (χ1v) is 6.44. The monoisotopic (exact) mass is 273 g/mol. The van der Waals surface area contributed by atoms with Crippen LogP contribution in [0.15, 0.2) is 29.3 Å². The van der Waals surface area contributed by atoms with E-state index < -0.39 is 0 Å². The summed E-state index contributed by atoms with van der Waals surface area (Å²) in [4.78, 5) is 29.1. The van der Waals surface area contributed by atoms with E-state index in [1.165, 1.54) is 6.07 Å². The molecule has 1 fully saturated rings. The maximum atomic E-state index is 11.5. The highest BCUT2D eigenvalue weighted by molar-refractivity contribution is 5.29. The lowest BCUT2D eigenvalue weighted by Crippen LogP contribution is -2.40. The van der Waals surface area contributed by atoms with Crippen molar-refractivity contribution in [3.63, 3.8) is 0 Å². The number of nitrogens with one attached hydrogen (secondary N) is 1. The van der Waals surface area contributed by atoms with E-state index in [-0.39, 0.29) is 11.7 Å². The van der Waals surface area contributed by atoms with Gasteiger partial charge in [-0.2, -0.15) is 0 Å². The first-order chi connectivity index (χ1) is 9.72. The fourth-order valence-corrected chi connectivity index (χ4v) is 2.21. The van der Waals surface area contributed by atoms with Gasteiger partial charge in [0.15, 0.2) is 0 Å². The summed E-state index contributed by atoms with van der Waals surface area (Å²) in [5.74, 6) is 1.21. The first-order valence-electron chi connectivity index (χ1n) is 6.44. The molecule has 1 atom stereocenters. The van der Waals surface area contributed by atoms with Gasteiger partial charge in [0.2, 0.25) is 5.95 Å². The van der Waals surface area contributed by atoms with Gasteiger partial charge in [0.1, 0.15) is 11.9 Å². The lowest BCUT2D eigenvalue weighted by molar-refractivity contribution is 0.0332. The second-order valence-corrected chi connectivity index (χ2v) is 4.63. The molecule has 0 saturated carbocycles. The van der Waals surface area contributed by atoms with Crippen molar-refractivity contribution >= 4 is 5.95 Å². The quantitative estimate of drug-likeness (QED) is 0.855. The highest BCUT2D eigenvalue weighted by Crippen LogP contribution is 2.21. The van der Waals surface area contributed by atoms with E-state index in [0.717, 1.165) is 6.54 Å². The van der Waals surface area contributed by atoms with Crippen molar-refractivity contribution in [1.29, 1.82) is 0 Å². The van der Waals surface area contributed by atoms with Gasteiger partial charge in [0.05, 0.1) is 13.2 Å². The van der Waals surface area contributed by atoms with Crippen LogP contribution < -0.4 is 10.5 Å². The van der Waals surface area contributed by atoms with Gasteiger partial charge in [-0.25, -0.2) is 15.0 Å². The highest BCUT2D eigenvalue weighted by atomic mass is 16.5. The molecule has 2 aromatic heterocycles. The SMILES string of the molecule is Cc1cc(=O)[nH]c(C2CN(c3ncccn3)CCO2)n1. The number of aromatic amines is 1. The number of aryl methyl sites for hydroxylation is 1. The molecule has 2 aromatic rings. The van der Waals surface area contributed by atoms with Crippen LogP contribution >= 0.6 is 0 Å². The zero-order chi connectivity index (χ0) is 13.9. The molecule has 20 heavy (non-hydrogen) atoms. The number of rotatable bonds is 2. The van der Waals surface area contributed by atoms with Crippen LogP contribution in [0.3, 0.4) is 0 Å². The van der Waals surface area contributed by atoms with Gasteiger partial charge in [-0.05, 0) is 13.0 Å². The van der Waals surface area contributed by atoms with Gasteiger partial charge < -0.3 is 14.6 Å². The Morgan fingerprint density at radius 2 is 2.20 bits per heavy atom. The van der Waals surface area contributed by atoms with Crippen molar-refractivity contribution in [1.82, 2.24) is 19.9 Å². The minimum atomic E-state index is -0.278. The normalized spacial score (nSPS) is 19.1. The van der Waals surface area contributed by atoms with Crippen molar-refractivity contribution in [3.8, 4) is 0 Å². The van der Waals surface area contributed by atoms with E-state index in [1.807, 2.05) is 4.90 Å². The molecule has 3 rings (SSSR count). The van der Waals surface area contributed by atoms with Crippen LogP contribution in [0.4, 0.5) is 5.95 Å². The fraction of sp³-hybridized carbons (Fsp3) is 0.385. The second kappa shape index (κ2) is 5.38. The maximum absolute atomic E-state index is 11.5. The third kappa shape index (κ3) is 2.67. The number of hydrogen-bond acceptors (Lipinski definition) is 6. The van der Waals surface area contributed by atoms with E-state index >= 15 is 0 Å². The molecule has 1 aliphatic heterocycles. The van der Waals surface area contributed by atoms with Gasteiger partial charge in [-0.15, -0.1) is 0 Å². The highest BCUT2D eigenvalue weighted by Gasteiger charge is 2.25. The third-order valence-electron chi connectivity index (χ3n) is 3.09. The predicted octanol–water partition coefficient (Wildman–Crippen LogP) is 0.446. The van der Waals surface area contributed by atoms with Crippen LogP contribution in [-0.2, 0) is 4.74 Å². The van der Waals surface area contributed by atoms with Crippen LogP contribution in [0, 0.1) is 6.92 Å². The summed E-state index contributed by atoms with van der Waals surface area (Å²) >= 11 is 0. The standard InChI is InChI=1S/C13H15N5O2/c1-9-7-11(19)17-12(16-9)10-8-18(5-6-20-10)13-14-3-2-4-15-13/h2-4,7,10H,5-6,8H2,1H3,(H,16,17,19). The van der Waals surface area contributed by atoms with Gasteiger partial charge in [-0.1, -0.05) is 0 Å². The molecule has 104 valence electrons. The number of H-pyrrole nitrogens is 1. The zero-order valence-electron chi connectivity index (χ0n) is 11.1. The Labute approximate surface area is 115 Å². The number of anilines is 1. The molecule has 3 heterocycles. The van der Waals surface area contributed by atoms with Gasteiger partial charge >= 0.3 is 0 Å². The van der Waals surface area contributed by atoms with Crippen LogP contribution in [0.1, 0.15) is 17.6 Å². The number of aromatic nitrogens is 4. The molecule has 0 amide bonds. The molecule has 7 heteroatoms. The molecule has 0 aliphatic carbocycles. The topological polar surface area (TPSA) is 84.0 Å². The average molecular weight is 273 g/mol.